The van der Waals surface area contributed by atoms with Gasteiger partial charge in [0.15, 0.2) is 0 Å². The zero-order chi connectivity index (χ0) is 16.8. The van der Waals surface area contributed by atoms with Crippen LogP contribution in [-0.4, -0.2) is 26.4 Å². The van der Waals surface area contributed by atoms with Gasteiger partial charge in [-0.2, -0.15) is 0 Å². The summed E-state index contributed by atoms with van der Waals surface area (Å²) in [4.78, 5) is 15.3. The average molecular weight is 353 g/mol. The first-order valence-electron chi connectivity index (χ1n) is 9.06. The van der Waals surface area contributed by atoms with E-state index in [1.807, 2.05) is 12.1 Å². The second-order valence-electron chi connectivity index (χ2n) is 7.37. The Morgan fingerprint density at radius 2 is 2.20 bits per heavy atom. The lowest BCUT2D eigenvalue weighted by atomic mass is 10.1. The van der Waals surface area contributed by atoms with E-state index in [9.17, 15) is 0 Å². The molecule has 3 aromatic rings. The van der Waals surface area contributed by atoms with Crippen LogP contribution in [0.1, 0.15) is 35.5 Å². The van der Waals surface area contributed by atoms with Gasteiger partial charge in [-0.3, -0.25) is 4.90 Å². The molecule has 1 N–H and O–H groups in total. The van der Waals surface area contributed by atoms with Crippen molar-refractivity contribution >= 4 is 22.5 Å². The van der Waals surface area contributed by atoms with Crippen LogP contribution >= 0.6 is 11.6 Å². The second-order valence-corrected chi connectivity index (χ2v) is 7.81. The lowest BCUT2D eigenvalue weighted by Crippen LogP contribution is -2.31. The summed E-state index contributed by atoms with van der Waals surface area (Å²) in [6.45, 7) is 2.87. The maximum atomic E-state index is 6.18. The van der Waals surface area contributed by atoms with Gasteiger partial charge in [-0.1, -0.05) is 11.6 Å². The molecule has 0 atom stereocenters. The highest BCUT2D eigenvalue weighted by molar-refractivity contribution is 6.31. The lowest BCUT2D eigenvalue weighted by Gasteiger charge is -2.27. The summed E-state index contributed by atoms with van der Waals surface area (Å²) < 4.78 is 0. The topological polar surface area (TPSA) is 44.8 Å². The molecule has 2 aliphatic rings. The normalized spacial score (nSPS) is 17.8. The summed E-state index contributed by atoms with van der Waals surface area (Å²) >= 11 is 6.18. The minimum absolute atomic E-state index is 0.787. The van der Waals surface area contributed by atoms with Gasteiger partial charge < -0.3 is 4.98 Å². The molecule has 128 valence electrons. The Hall–Kier alpha value is -1.91. The number of aromatic nitrogens is 3. The van der Waals surface area contributed by atoms with Crippen LogP contribution in [0.2, 0.25) is 5.02 Å². The van der Waals surface area contributed by atoms with Crippen molar-refractivity contribution in [2.75, 3.05) is 6.54 Å². The van der Waals surface area contributed by atoms with Gasteiger partial charge in [0, 0.05) is 54.4 Å². The summed E-state index contributed by atoms with van der Waals surface area (Å²) in [6.07, 6.45) is 8.93. The minimum Gasteiger partial charge on any atom is -0.361 e. The number of hydrogen-bond donors (Lipinski definition) is 1. The van der Waals surface area contributed by atoms with Crippen molar-refractivity contribution in [1.29, 1.82) is 0 Å². The summed E-state index contributed by atoms with van der Waals surface area (Å²) in [5.74, 6) is 1.86. The molecule has 1 saturated carbocycles. The third-order valence-electron chi connectivity index (χ3n) is 5.37. The number of aromatic amines is 1. The molecule has 25 heavy (non-hydrogen) atoms. The Kier molecular flexibility index (Phi) is 3.75. The number of nitrogens with one attached hydrogen (secondary N) is 1. The molecule has 1 fully saturated rings. The Bertz CT molecular complexity index is 929. The molecule has 3 heterocycles. The van der Waals surface area contributed by atoms with Crippen molar-refractivity contribution in [3.8, 4) is 0 Å². The molecule has 2 aromatic heterocycles. The lowest BCUT2D eigenvalue weighted by molar-refractivity contribution is 0.241. The third kappa shape index (κ3) is 3.16. The largest absolute Gasteiger partial charge is 0.361 e. The highest BCUT2D eigenvalue weighted by atomic mass is 35.5. The number of benzene rings is 1. The number of nitrogens with zero attached hydrogens (tertiary/aromatic N) is 3. The zero-order valence-electron chi connectivity index (χ0n) is 14.1. The van der Waals surface area contributed by atoms with Crippen LogP contribution in [0.15, 0.2) is 30.6 Å². The fourth-order valence-corrected chi connectivity index (χ4v) is 3.91. The third-order valence-corrected chi connectivity index (χ3v) is 5.60. The van der Waals surface area contributed by atoms with E-state index in [2.05, 4.69) is 33.3 Å². The zero-order valence-corrected chi connectivity index (χ0v) is 14.9. The Labute approximate surface area is 152 Å². The standard InChI is InChI=1S/C20H21ClN4/c21-16-3-4-18-17(8-16)15(10-22-18)11-25-6-5-14-9-23-20(7-13-1-2-13)24-19(14)12-25/h3-4,8-10,13,22H,1-2,5-7,11-12H2. The van der Waals surface area contributed by atoms with E-state index in [1.165, 1.54) is 35.0 Å². The van der Waals surface area contributed by atoms with E-state index in [4.69, 9.17) is 16.6 Å². The van der Waals surface area contributed by atoms with Gasteiger partial charge in [0.2, 0.25) is 0 Å². The molecule has 5 rings (SSSR count). The Morgan fingerprint density at radius 1 is 1.28 bits per heavy atom. The van der Waals surface area contributed by atoms with E-state index in [0.717, 1.165) is 54.8 Å². The summed E-state index contributed by atoms with van der Waals surface area (Å²) in [6, 6.07) is 6.03. The predicted octanol–water partition coefficient (Wildman–Crippen LogP) is 4.12. The van der Waals surface area contributed by atoms with E-state index in [-0.39, 0.29) is 0 Å². The molecule has 0 bridgehead atoms. The van der Waals surface area contributed by atoms with Crippen LogP contribution < -0.4 is 0 Å². The quantitative estimate of drug-likeness (QED) is 0.768. The molecule has 1 aliphatic carbocycles. The molecule has 4 nitrogen and oxygen atoms in total. The molecule has 1 aromatic carbocycles. The number of rotatable bonds is 4. The number of fused-ring (bicyclic) bond motifs is 2. The van der Waals surface area contributed by atoms with Gasteiger partial charge in [-0.25, -0.2) is 9.97 Å². The van der Waals surface area contributed by atoms with Gasteiger partial charge in [-0.05, 0) is 54.5 Å². The minimum atomic E-state index is 0.787. The smallest absolute Gasteiger partial charge is 0.128 e. The molecule has 0 spiro atoms. The monoisotopic (exact) mass is 352 g/mol. The van der Waals surface area contributed by atoms with E-state index in [1.54, 1.807) is 0 Å². The van der Waals surface area contributed by atoms with Crippen LogP contribution in [0.25, 0.3) is 10.9 Å². The maximum absolute atomic E-state index is 6.18. The van der Waals surface area contributed by atoms with E-state index in [0.29, 0.717) is 0 Å². The SMILES string of the molecule is Clc1ccc2[nH]cc(CN3CCc4cnc(CC5CC5)nc4C3)c2c1. The van der Waals surface area contributed by atoms with Crippen molar-refractivity contribution in [3.63, 3.8) is 0 Å². The molecule has 0 radical (unpaired) electrons. The fraction of sp³-hybridized carbons (Fsp3) is 0.400. The van der Waals surface area contributed by atoms with Gasteiger partial charge in [0.1, 0.15) is 5.82 Å². The molecule has 1 aliphatic heterocycles. The maximum Gasteiger partial charge on any atom is 0.128 e. The van der Waals surface area contributed by atoms with Gasteiger partial charge in [0.25, 0.3) is 0 Å². The van der Waals surface area contributed by atoms with Gasteiger partial charge in [-0.15, -0.1) is 0 Å². The first-order valence-corrected chi connectivity index (χ1v) is 9.44. The summed E-state index contributed by atoms with van der Waals surface area (Å²) in [5, 5.41) is 2.00. The van der Waals surface area contributed by atoms with Crippen molar-refractivity contribution in [3.05, 3.63) is 58.3 Å². The van der Waals surface area contributed by atoms with Gasteiger partial charge >= 0.3 is 0 Å². The number of halogens is 1. The number of H-pyrrole nitrogens is 1. The first-order chi connectivity index (χ1) is 12.2. The van der Waals surface area contributed by atoms with Crippen molar-refractivity contribution < 1.29 is 0 Å². The van der Waals surface area contributed by atoms with Crippen molar-refractivity contribution in [2.24, 2.45) is 5.92 Å². The van der Waals surface area contributed by atoms with Crippen LogP contribution in [0.5, 0.6) is 0 Å². The highest BCUT2D eigenvalue weighted by Gasteiger charge is 2.24. The fourth-order valence-electron chi connectivity index (χ4n) is 3.73. The van der Waals surface area contributed by atoms with Crippen molar-refractivity contribution in [1.82, 2.24) is 19.9 Å². The second kappa shape index (κ2) is 6.11. The summed E-state index contributed by atoms with van der Waals surface area (Å²) in [5.41, 5.74) is 4.98. The van der Waals surface area contributed by atoms with E-state index >= 15 is 0 Å². The molecular weight excluding hydrogens is 332 g/mol. The Morgan fingerprint density at radius 3 is 3.08 bits per heavy atom. The molecule has 5 heteroatoms. The number of hydrogen-bond acceptors (Lipinski definition) is 3. The van der Waals surface area contributed by atoms with Crippen LogP contribution in [0, 0.1) is 5.92 Å². The van der Waals surface area contributed by atoms with Crippen molar-refractivity contribution in [2.45, 2.75) is 38.8 Å². The van der Waals surface area contributed by atoms with Crippen LogP contribution in [0.4, 0.5) is 0 Å². The molecule has 0 saturated heterocycles. The summed E-state index contributed by atoms with van der Waals surface area (Å²) in [7, 11) is 0. The van der Waals surface area contributed by atoms with Gasteiger partial charge in [0.05, 0.1) is 5.69 Å². The van der Waals surface area contributed by atoms with E-state index < -0.39 is 0 Å². The van der Waals surface area contributed by atoms with Crippen LogP contribution in [0.3, 0.4) is 0 Å². The first kappa shape index (κ1) is 15.4. The highest BCUT2D eigenvalue weighted by Crippen LogP contribution is 2.32. The molecule has 0 amide bonds. The Balaban J connectivity index is 1.36. The molecular formula is C20H21ClN4. The average Bonchev–Trinajstić information content (AvgIpc) is 3.35. The molecule has 0 unspecified atom stereocenters. The van der Waals surface area contributed by atoms with Crippen LogP contribution in [-0.2, 0) is 25.9 Å². The predicted molar refractivity (Wildman–Crippen MR) is 99.6 cm³/mol.